The van der Waals surface area contributed by atoms with Crippen LogP contribution in [0.2, 0.25) is 0 Å². The number of nitrogens with two attached hydrogens (primary N) is 1. The summed E-state index contributed by atoms with van der Waals surface area (Å²) < 4.78 is 7.01. The van der Waals surface area contributed by atoms with E-state index in [4.69, 9.17) is 10.5 Å². The molecular formula is C11H12N8O4. The Labute approximate surface area is 126 Å². The van der Waals surface area contributed by atoms with Gasteiger partial charge in [-0.3, -0.25) is 14.3 Å². The molecule has 0 aromatic carbocycles. The Hall–Kier alpha value is -2.83. The fourth-order valence-electron chi connectivity index (χ4n) is 2.61. The number of aliphatic hydroxyl groups is 2. The minimum absolute atomic E-state index is 0.0503. The van der Waals surface area contributed by atoms with Crippen LogP contribution in [0.15, 0.2) is 17.3 Å². The van der Waals surface area contributed by atoms with Crippen molar-refractivity contribution < 1.29 is 14.9 Å². The molecule has 1 saturated heterocycles. The van der Waals surface area contributed by atoms with Gasteiger partial charge in [-0.2, -0.15) is 20.4 Å². The number of nitrogen functional groups attached to an aromatic ring is 1. The van der Waals surface area contributed by atoms with Crippen LogP contribution < -0.4 is 11.3 Å². The van der Waals surface area contributed by atoms with E-state index in [0.29, 0.717) is 5.69 Å². The van der Waals surface area contributed by atoms with Crippen molar-refractivity contribution in [3.05, 3.63) is 28.6 Å². The number of rotatable bonds is 2. The number of H-pyrrole nitrogens is 2. The molecule has 0 radical (unpaired) electrons. The summed E-state index contributed by atoms with van der Waals surface area (Å²) in [4.78, 5) is 22.1. The normalized spacial score (nSPS) is 27.7. The van der Waals surface area contributed by atoms with Crippen LogP contribution in [0.25, 0.3) is 11.2 Å². The number of aromatic amines is 2. The second-order valence-electron chi connectivity index (χ2n) is 5.10. The quantitative estimate of drug-likeness (QED) is 0.350. The maximum Gasteiger partial charge on any atom is 0.280 e. The van der Waals surface area contributed by atoms with Crippen molar-refractivity contribution in [1.82, 2.24) is 34.9 Å². The van der Waals surface area contributed by atoms with Crippen LogP contribution in [0.5, 0.6) is 0 Å². The smallest absolute Gasteiger partial charge is 0.280 e. The van der Waals surface area contributed by atoms with Crippen molar-refractivity contribution in [2.45, 2.75) is 24.5 Å². The molecule has 12 heteroatoms. The summed E-state index contributed by atoms with van der Waals surface area (Å²) in [5, 5.41) is 30.3. The maximum absolute atomic E-state index is 11.8. The molecule has 0 saturated carbocycles. The lowest BCUT2D eigenvalue weighted by Gasteiger charge is -2.16. The highest BCUT2D eigenvalue weighted by atomic mass is 16.6. The summed E-state index contributed by atoms with van der Waals surface area (Å²) >= 11 is 0. The second kappa shape index (κ2) is 4.84. The van der Waals surface area contributed by atoms with E-state index >= 15 is 0 Å². The van der Waals surface area contributed by atoms with E-state index in [0.717, 1.165) is 0 Å². The number of nitrogens with zero attached hydrogens (tertiary/aromatic N) is 5. The van der Waals surface area contributed by atoms with Crippen LogP contribution in [0.3, 0.4) is 0 Å². The molecule has 1 aliphatic rings. The van der Waals surface area contributed by atoms with E-state index in [2.05, 4.69) is 30.4 Å². The van der Waals surface area contributed by atoms with E-state index in [1.807, 2.05) is 0 Å². The van der Waals surface area contributed by atoms with Gasteiger partial charge < -0.3 is 20.7 Å². The van der Waals surface area contributed by atoms with Gasteiger partial charge in [0.15, 0.2) is 17.4 Å². The molecule has 1 fully saturated rings. The number of fused-ring (bicyclic) bond motifs is 1. The lowest BCUT2D eigenvalue weighted by molar-refractivity contribution is -0.0370. The monoisotopic (exact) mass is 320 g/mol. The van der Waals surface area contributed by atoms with Gasteiger partial charge in [-0.1, -0.05) is 0 Å². The third kappa shape index (κ3) is 2.00. The largest absolute Gasteiger partial charge is 0.387 e. The first-order chi connectivity index (χ1) is 11.1. The fraction of sp³-hybridized carbons (Fsp3) is 0.364. The zero-order valence-electron chi connectivity index (χ0n) is 11.5. The predicted molar refractivity (Wildman–Crippen MR) is 73.8 cm³/mol. The van der Waals surface area contributed by atoms with Crippen molar-refractivity contribution in [2.75, 3.05) is 5.73 Å². The molecule has 4 rings (SSSR count). The van der Waals surface area contributed by atoms with E-state index in [1.54, 1.807) is 0 Å². The Kier molecular flexibility index (Phi) is 2.90. The first-order valence-corrected chi connectivity index (χ1v) is 6.66. The van der Waals surface area contributed by atoms with Crippen molar-refractivity contribution >= 4 is 17.1 Å². The molecular weight excluding hydrogens is 308 g/mol. The van der Waals surface area contributed by atoms with Gasteiger partial charge in [0.05, 0.1) is 12.5 Å². The van der Waals surface area contributed by atoms with Crippen LogP contribution in [0.4, 0.5) is 5.95 Å². The molecule has 12 nitrogen and oxygen atoms in total. The van der Waals surface area contributed by atoms with E-state index in [1.165, 1.54) is 17.1 Å². The van der Waals surface area contributed by atoms with Crippen molar-refractivity contribution in [1.29, 1.82) is 0 Å². The molecule has 0 unspecified atom stereocenters. The highest BCUT2D eigenvalue weighted by molar-refractivity contribution is 5.70. The molecule has 3 aromatic heterocycles. The molecule has 1 aliphatic heterocycles. The molecule has 4 heterocycles. The molecule has 0 spiro atoms. The Morgan fingerprint density at radius 2 is 2.17 bits per heavy atom. The number of nitrogens with one attached hydrogen (secondary N) is 2. The van der Waals surface area contributed by atoms with Crippen molar-refractivity contribution in [2.24, 2.45) is 0 Å². The number of ether oxygens (including phenoxy) is 1. The second-order valence-corrected chi connectivity index (χ2v) is 5.10. The highest BCUT2D eigenvalue weighted by Gasteiger charge is 2.46. The van der Waals surface area contributed by atoms with Crippen LogP contribution in [0, 0.1) is 0 Å². The Balaban J connectivity index is 1.78. The average Bonchev–Trinajstić information content (AvgIpc) is 3.21. The fourth-order valence-corrected chi connectivity index (χ4v) is 2.61. The van der Waals surface area contributed by atoms with Gasteiger partial charge in [-0.15, -0.1) is 0 Å². The summed E-state index contributed by atoms with van der Waals surface area (Å²) in [6.45, 7) is 0. The number of aliphatic hydroxyl groups excluding tert-OH is 2. The van der Waals surface area contributed by atoms with Gasteiger partial charge in [-0.25, -0.2) is 4.98 Å². The molecule has 6 N–H and O–H groups in total. The predicted octanol–water partition coefficient (Wildman–Crippen LogP) is -2.19. The summed E-state index contributed by atoms with van der Waals surface area (Å²) in [6, 6.07) is 0. The zero-order chi connectivity index (χ0) is 16.1. The molecule has 3 aromatic rings. The minimum atomic E-state index is -1.28. The number of hydrogen-bond donors (Lipinski definition) is 5. The first kappa shape index (κ1) is 13.8. The third-order valence-corrected chi connectivity index (χ3v) is 3.69. The van der Waals surface area contributed by atoms with E-state index in [9.17, 15) is 15.0 Å². The first-order valence-electron chi connectivity index (χ1n) is 6.66. The highest BCUT2D eigenvalue weighted by Crippen LogP contribution is 2.38. The lowest BCUT2D eigenvalue weighted by atomic mass is 10.1. The van der Waals surface area contributed by atoms with Gasteiger partial charge in [0.25, 0.3) is 5.56 Å². The number of aromatic nitrogens is 7. The maximum atomic E-state index is 11.8. The van der Waals surface area contributed by atoms with Gasteiger partial charge >= 0.3 is 0 Å². The van der Waals surface area contributed by atoms with Crippen LogP contribution in [-0.2, 0) is 4.74 Å². The Bertz CT molecular complexity index is 903. The topological polar surface area (TPSA) is 181 Å². The van der Waals surface area contributed by atoms with Crippen molar-refractivity contribution in [3.63, 3.8) is 0 Å². The Morgan fingerprint density at radius 1 is 1.35 bits per heavy atom. The number of hydrogen-bond acceptors (Lipinski definition) is 9. The van der Waals surface area contributed by atoms with Gasteiger partial charge in [0.1, 0.15) is 24.0 Å². The summed E-state index contributed by atoms with van der Waals surface area (Å²) in [5.41, 5.74) is 5.56. The third-order valence-electron chi connectivity index (χ3n) is 3.69. The van der Waals surface area contributed by atoms with E-state index < -0.39 is 30.1 Å². The SMILES string of the molecule is Nc1nc2c(ncn2[C@@H]2O[C@H](c3cn[nH]n3)[C@@H](O)[C@H]2O)c(=O)[nH]1. The molecule has 23 heavy (non-hydrogen) atoms. The average molecular weight is 320 g/mol. The van der Waals surface area contributed by atoms with Gasteiger partial charge in [0, 0.05) is 0 Å². The standard InChI is InChI=1S/C11H12N8O4/c12-11-15-8-4(9(22)16-11)13-2-19(8)10-6(21)5(20)7(23-10)3-1-14-18-17-3/h1-2,5-7,10,20-21H,(H,14,17,18)(H3,12,15,16,22)/t5-,6+,7+,10+/m0/s1. The summed E-state index contributed by atoms with van der Waals surface area (Å²) in [6.07, 6.45) is -1.73. The lowest BCUT2D eigenvalue weighted by Crippen LogP contribution is -2.29. The minimum Gasteiger partial charge on any atom is -0.387 e. The zero-order valence-corrected chi connectivity index (χ0v) is 11.5. The molecule has 120 valence electrons. The molecule has 4 atom stereocenters. The van der Waals surface area contributed by atoms with Crippen LogP contribution in [0.1, 0.15) is 18.0 Å². The summed E-state index contributed by atoms with van der Waals surface area (Å²) in [7, 11) is 0. The molecule has 0 aliphatic carbocycles. The van der Waals surface area contributed by atoms with Gasteiger partial charge in [-0.05, 0) is 0 Å². The van der Waals surface area contributed by atoms with E-state index in [-0.39, 0.29) is 17.1 Å². The number of imidazole rings is 1. The molecule has 0 amide bonds. The van der Waals surface area contributed by atoms with Crippen LogP contribution >= 0.6 is 0 Å². The van der Waals surface area contributed by atoms with Crippen LogP contribution in [-0.4, -0.2) is 57.4 Å². The van der Waals surface area contributed by atoms with Gasteiger partial charge in [0.2, 0.25) is 5.95 Å². The Morgan fingerprint density at radius 3 is 2.91 bits per heavy atom. The summed E-state index contributed by atoms with van der Waals surface area (Å²) in [5.74, 6) is -0.0923. The number of anilines is 1. The molecule has 0 bridgehead atoms. The van der Waals surface area contributed by atoms with Crippen molar-refractivity contribution in [3.8, 4) is 0 Å².